The molecule has 2 aliphatic rings. The fourth-order valence-corrected chi connectivity index (χ4v) is 2.77. The summed E-state index contributed by atoms with van der Waals surface area (Å²) in [5.74, 6) is 1.42. The molecule has 1 N–H and O–H groups in total. The first-order chi connectivity index (χ1) is 8.72. The van der Waals surface area contributed by atoms with Gasteiger partial charge in [0.1, 0.15) is 0 Å². The fourth-order valence-electron chi connectivity index (χ4n) is 2.49. The molecule has 0 saturated carbocycles. The van der Waals surface area contributed by atoms with Crippen molar-refractivity contribution in [3.63, 3.8) is 0 Å². The fraction of sp³-hybridized carbons (Fsp3) is 0.538. The van der Waals surface area contributed by atoms with E-state index in [4.69, 9.17) is 21.1 Å². The number of nitrogens with one attached hydrogen (secondary N) is 1. The van der Waals surface area contributed by atoms with E-state index in [1.165, 1.54) is 13.0 Å². The van der Waals surface area contributed by atoms with Gasteiger partial charge in [0.25, 0.3) is 0 Å². The standard InChI is InChI=1S/C13H17ClN2O2/c1-16-3-2-10(7-16)15-6-9-4-11(14)13-12(5-9)17-8-18-13/h4-5,10,15H,2-3,6-8H2,1H3. The van der Waals surface area contributed by atoms with Gasteiger partial charge >= 0.3 is 0 Å². The van der Waals surface area contributed by atoms with Crippen LogP contribution in [0.3, 0.4) is 0 Å². The highest BCUT2D eigenvalue weighted by Gasteiger charge is 2.20. The lowest BCUT2D eigenvalue weighted by molar-refractivity contribution is 0.174. The molecule has 2 aliphatic heterocycles. The summed E-state index contributed by atoms with van der Waals surface area (Å²) in [5, 5.41) is 4.18. The molecule has 4 nitrogen and oxygen atoms in total. The molecule has 1 saturated heterocycles. The zero-order chi connectivity index (χ0) is 12.5. The highest BCUT2D eigenvalue weighted by Crippen LogP contribution is 2.39. The molecular weight excluding hydrogens is 252 g/mol. The van der Waals surface area contributed by atoms with Crippen molar-refractivity contribution in [1.29, 1.82) is 0 Å². The molecule has 0 amide bonds. The summed E-state index contributed by atoms with van der Waals surface area (Å²) in [5.41, 5.74) is 1.14. The van der Waals surface area contributed by atoms with Crippen molar-refractivity contribution in [3.8, 4) is 11.5 Å². The summed E-state index contributed by atoms with van der Waals surface area (Å²) in [6, 6.07) is 4.51. The Balaban J connectivity index is 1.65. The minimum atomic E-state index is 0.263. The molecule has 0 bridgehead atoms. The molecule has 1 aromatic rings. The molecule has 1 unspecified atom stereocenters. The number of benzene rings is 1. The van der Waals surface area contributed by atoms with Gasteiger partial charge in [0.15, 0.2) is 11.5 Å². The molecule has 0 radical (unpaired) electrons. The molecular formula is C13H17ClN2O2. The summed E-state index contributed by atoms with van der Waals surface area (Å²) >= 11 is 6.15. The van der Waals surface area contributed by atoms with Crippen molar-refractivity contribution >= 4 is 11.6 Å². The Morgan fingerprint density at radius 3 is 3.11 bits per heavy atom. The molecule has 3 rings (SSSR count). The maximum atomic E-state index is 6.15. The van der Waals surface area contributed by atoms with E-state index in [2.05, 4.69) is 17.3 Å². The number of nitrogens with zero attached hydrogens (tertiary/aromatic N) is 1. The van der Waals surface area contributed by atoms with Gasteiger partial charge in [0, 0.05) is 19.1 Å². The van der Waals surface area contributed by atoms with Gasteiger partial charge in [0.2, 0.25) is 6.79 Å². The third kappa shape index (κ3) is 2.41. The minimum Gasteiger partial charge on any atom is -0.454 e. The average Bonchev–Trinajstić information content (AvgIpc) is 2.95. The van der Waals surface area contributed by atoms with Crippen LogP contribution in [-0.2, 0) is 6.54 Å². The van der Waals surface area contributed by atoms with Crippen molar-refractivity contribution in [3.05, 3.63) is 22.7 Å². The number of likely N-dealkylation sites (N-methyl/N-ethyl adjacent to an activating group) is 1. The van der Waals surface area contributed by atoms with E-state index in [-0.39, 0.29) is 6.79 Å². The lowest BCUT2D eigenvalue weighted by Crippen LogP contribution is -2.30. The van der Waals surface area contributed by atoms with E-state index < -0.39 is 0 Å². The van der Waals surface area contributed by atoms with E-state index in [0.29, 0.717) is 16.8 Å². The van der Waals surface area contributed by atoms with Crippen molar-refractivity contribution in [1.82, 2.24) is 10.2 Å². The van der Waals surface area contributed by atoms with Gasteiger partial charge in [-0.1, -0.05) is 11.6 Å². The zero-order valence-corrected chi connectivity index (χ0v) is 11.2. The molecule has 98 valence electrons. The Labute approximate surface area is 112 Å². The van der Waals surface area contributed by atoms with Crippen LogP contribution in [0.1, 0.15) is 12.0 Å². The first-order valence-electron chi connectivity index (χ1n) is 6.22. The van der Waals surface area contributed by atoms with Crippen LogP contribution in [0.15, 0.2) is 12.1 Å². The van der Waals surface area contributed by atoms with E-state index in [1.807, 2.05) is 12.1 Å². The smallest absolute Gasteiger partial charge is 0.231 e. The molecule has 1 aromatic carbocycles. The highest BCUT2D eigenvalue weighted by molar-refractivity contribution is 6.32. The summed E-state index contributed by atoms with van der Waals surface area (Å²) in [6.07, 6.45) is 1.20. The molecule has 0 aliphatic carbocycles. The lowest BCUT2D eigenvalue weighted by atomic mass is 10.2. The Bertz CT molecular complexity index is 453. The third-order valence-corrected chi connectivity index (χ3v) is 3.75. The molecule has 2 heterocycles. The molecule has 0 spiro atoms. The average molecular weight is 269 g/mol. The Kier molecular flexibility index (Phi) is 3.33. The summed E-state index contributed by atoms with van der Waals surface area (Å²) in [6.45, 7) is 3.35. The predicted octanol–water partition coefficient (Wildman–Crippen LogP) is 1.86. The monoisotopic (exact) mass is 268 g/mol. The summed E-state index contributed by atoms with van der Waals surface area (Å²) < 4.78 is 10.7. The molecule has 1 fully saturated rings. The summed E-state index contributed by atoms with van der Waals surface area (Å²) in [4.78, 5) is 2.34. The molecule has 5 heteroatoms. The van der Waals surface area contributed by atoms with Crippen LogP contribution in [0.4, 0.5) is 0 Å². The number of fused-ring (bicyclic) bond motifs is 1. The van der Waals surface area contributed by atoms with Crippen LogP contribution in [0.2, 0.25) is 5.02 Å². The van der Waals surface area contributed by atoms with Gasteiger partial charge in [-0.05, 0) is 37.7 Å². The number of hydrogen-bond acceptors (Lipinski definition) is 4. The van der Waals surface area contributed by atoms with Gasteiger partial charge in [-0.2, -0.15) is 0 Å². The molecule has 0 aromatic heterocycles. The van der Waals surface area contributed by atoms with Gasteiger partial charge in [-0.15, -0.1) is 0 Å². The number of likely N-dealkylation sites (tertiary alicyclic amines) is 1. The third-order valence-electron chi connectivity index (χ3n) is 3.47. The first kappa shape index (κ1) is 12.1. The van der Waals surface area contributed by atoms with Crippen LogP contribution in [0.5, 0.6) is 11.5 Å². The highest BCUT2D eigenvalue weighted by atomic mass is 35.5. The van der Waals surface area contributed by atoms with Gasteiger partial charge in [-0.25, -0.2) is 0 Å². The van der Waals surface area contributed by atoms with Gasteiger partial charge in [0.05, 0.1) is 5.02 Å². The van der Waals surface area contributed by atoms with Gasteiger partial charge in [-0.3, -0.25) is 0 Å². The quantitative estimate of drug-likeness (QED) is 0.907. The van der Waals surface area contributed by atoms with E-state index >= 15 is 0 Å². The summed E-state index contributed by atoms with van der Waals surface area (Å²) in [7, 11) is 2.15. The number of hydrogen-bond donors (Lipinski definition) is 1. The van der Waals surface area contributed by atoms with Gasteiger partial charge < -0.3 is 19.7 Å². The SMILES string of the molecule is CN1CCC(NCc2cc(Cl)c3c(c2)OCO3)C1. The maximum absolute atomic E-state index is 6.15. The number of rotatable bonds is 3. The Morgan fingerprint density at radius 2 is 2.33 bits per heavy atom. The Hall–Kier alpha value is -0.970. The molecule has 18 heavy (non-hydrogen) atoms. The van der Waals surface area contributed by atoms with Crippen LogP contribution in [-0.4, -0.2) is 37.9 Å². The maximum Gasteiger partial charge on any atom is 0.231 e. The second-order valence-corrected chi connectivity index (χ2v) is 5.35. The topological polar surface area (TPSA) is 33.7 Å². The van der Waals surface area contributed by atoms with Crippen molar-refractivity contribution in [2.24, 2.45) is 0 Å². The number of halogens is 1. The largest absolute Gasteiger partial charge is 0.454 e. The van der Waals surface area contributed by atoms with Crippen molar-refractivity contribution in [2.75, 3.05) is 26.9 Å². The van der Waals surface area contributed by atoms with E-state index in [0.717, 1.165) is 24.4 Å². The van der Waals surface area contributed by atoms with Crippen molar-refractivity contribution in [2.45, 2.75) is 19.0 Å². The predicted molar refractivity (Wildman–Crippen MR) is 70.3 cm³/mol. The van der Waals surface area contributed by atoms with Crippen LogP contribution in [0, 0.1) is 0 Å². The minimum absolute atomic E-state index is 0.263. The number of ether oxygens (including phenoxy) is 2. The lowest BCUT2D eigenvalue weighted by Gasteiger charge is -2.13. The van der Waals surface area contributed by atoms with Crippen molar-refractivity contribution < 1.29 is 9.47 Å². The van der Waals surface area contributed by atoms with Crippen LogP contribution >= 0.6 is 11.6 Å². The van der Waals surface area contributed by atoms with E-state index in [9.17, 15) is 0 Å². The van der Waals surface area contributed by atoms with E-state index in [1.54, 1.807) is 0 Å². The normalized spacial score (nSPS) is 22.7. The second-order valence-electron chi connectivity index (χ2n) is 4.94. The Morgan fingerprint density at radius 1 is 1.44 bits per heavy atom. The second kappa shape index (κ2) is 4.96. The van der Waals surface area contributed by atoms with Crippen LogP contribution in [0.25, 0.3) is 0 Å². The first-order valence-corrected chi connectivity index (χ1v) is 6.60. The zero-order valence-electron chi connectivity index (χ0n) is 10.4. The molecule has 1 atom stereocenters. The van der Waals surface area contributed by atoms with Crippen LogP contribution < -0.4 is 14.8 Å².